The van der Waals surface area contributed by atoms with Gasteiger partial charge in [0, 0.05) is 12.4 Å². The molecule has 7 heteroatoms. The number of nitrogens with one attached hydrogen (secondary N) is 2. The van der Waals surface area contributed by atoms with Crippen LogP contribution >= 0.6 is 8.02 Å². The number of pyridine rings is 2. The molecule has 0 saturated carbocycles. The van der Waals surface area contributed by atoms with Gasteiger partial charge in [0.2, 0.25) is 23.1 Å². The highest BCUT2D eigenvalue weighted by Gasteiger charge is 2.59. The fourth-order valence-electron chi connectivity index (χ4n) is 1.79. The van der Waals surface area contributed by atoms with Gasteiger partial charge in [-0.2, -0.15) is 10.2 Å². The van der Waals surface area contributed by atoms with E-state index in [1.165, 1.54) is 0 Å². The van der Waals surface area contributed by atoms with Crippen LogP contribution < -0.4 is 19.2 Å². The van der Waals surface area contributed by atoms with Crippen molar-refractivity contribution in [1.82, 2.24) is 9.97 Å². The Balaban J connectivity index is 1.72. The van der Waals surface area contributed by atoms with E-state index >= 15 is 0 Å². The molecule has 2 aliphatic rings. The first-order valence-corrected chi connectivity index (χ1v) is 6.72. The predicted octanol–water partition coefficient (Wildman–Crippen LogP) is 2.46. The third-order valence-electron chi connectivity index (χ3n) is 2.50. The predicted molar refractivity (Wildman–Crippen MR) is 63.9 cm³/mol. The summed E-state index contributed by atoms with van der Waals surface area (Å²) in [6.45, 7) is 0. The maximum atomic E-state index is 5.80. The lowest BCUT2D eigenvalue weighted by Crippen LogP contribution is -2.13. The van der Waals surface area contributed by atoms with Crippen molar-refractivity contribution >= 4 is 19.7 Å². The third-order valence-corrected chi connectivity index (χ3v) is 4.42. The van der Waals surface area contributed by atoms with Crippen molar-refractivity contribution in [2.75, 3.05) is 10.2 Å². The van der Waals surface area contributed by atoms with Crippen LogP contribution in [-0.4, -0.2) is 9.97 Å². The second kappa shape index (κ2) is 2.99. The second-order valence-electron chi connectivity index (χ2n) is 3.66. The molecule has 0 saturated heterocycles. The van der Waals surface area contributed by atoms with E-state index in [-0.39, 0.29) is 0 Å². The first kappa shape index (κ1) is 9.01. The van der Waals surface area contributed by atoms with E-state index < -0.39 is 8.02 Å². The van der Waals surface area contributed by atoms with E-state index in [1.54, 1.807) is 12.4 Å². The molecule has 4 heterocycles. The van der Waals surface area contributed by atoms with Crippen molar-refractivity contribution in [1.29, 1.82) is 0 Å². The van der Waals surface area contributed by atoms with Crippen molar-refractivity contribution in [2.24, 2.45) is 0 Å². The van der Waals surface area contributed by atoms with Gasteiger partial charge in [0.15, 0.2) is 0 Å². The summed E-state index contributed by atoms with van der Waals surface area (Å²) in [4.78, 5) is 8.38. The monoisotopic (exact) mass is 247 g/mol. The van der Waals surface area contributed by atoms with Crippen LogP contribution in [0.4, 0.5) is 11.6 Å². The van der Waals surface area contributed by atoms with Crippen molar-refractivity contribution in [3.63, 3.8) is 0 Å². The second-order valence-corrected chi connectivity index (χ2v) is 5.57. The highest BCUT2D eigenvalue weighted by Crippen LogP contribution is 2.68. The van der Waals surface area contributed by atoms with Gasteiger partial charge in [-0.3, -0.25) is 9.05 Å². The molecule has 6 nitrogen and oxygen atoms in total. The Hall–Kier alpha value is -2.07. The average molecular weight is 247 g/mol. The summed E-state index contributed by atoms with van der Waals surface area (Å²) in [5.74, 6) is 2.78. The quantitative estimate of drug-likeness (QED) is 0.697. The van der Waals surface area contributed by atoms with E-state index in [0.717, 1.165) is 0 Å². The van der Waals surface area contributed by atoms with Crippen molar-refractivity contribution in [2.45, 2.75) is 0 Å². The van der Waals surface area contributed by atoms with Gasteiger partial charge in [0.05, 0.1) is 0 Å². The highest BCUT2D eigenvalue weighted by molar-refractivity contribution is 7.71. The number of hydrogen-bond donors (Lipinski definition) is 2. The number of fused-ring (bicyclic) bond motifs is 2. The van der Waals surface area contributed by atoms with Gasteiger partial charge in [-0.25, -0.2) is 9.97 Å². The van der Waals surface area contributed by atoms with Crippen LogP contribution in [-0.2, 0) is 0 Å². The Morgan fingerprint density at radius 3 is 1.88 bits per heavy atom. The Kier molecular flexibility index (Phi) is 1.58. The fraction of sp³-hybridized carbons (Fsp3) is 0. The van der Waals surface area contributed by atoms with Gasteiger partial charge in [0.1, 0.15) is 0 Å². The lowest BCUT2D eigenvalue weighted by atomic mass is 10.4. The van der Waals surface area contributed by atoms with Crippen molar-refractivity contribution in [3.8, 4) is 11.5 Å². The molecule has 0 unspecified atom stereocenters. The summed E-state index contributed by atoms with van der Waals surface area (Å²) in [6.07, 6.45) is 3.41. The molecule has 0 aliphatic carbocycles. The molecule has 0 bridgehead atoms. The largest absolute Gasteiger partial charge is 0.575 e. The number of rotatable bonds is 0. The number of aromatic nitrogens is 2. The molecule has 0 atom stereocenters. The van der Waals surface area contributed by atoms with E-state index in [1.807, 2.05) is 24.3 Å². The lowest BCUT2D eigenvalue weighted by molar-refractivity contribution is 0.498. The van der Waals surface area contributed by atoms with Gasteiger partial charge in [-0.05, 0) is 24.3 Å². The summed E-state index contributed by atoms with van der Waals surface area (Å²) >= 11 is 0. The third kappa shape index (κ3) is 1.24. The van der Waals surface area contributed by atoms with Crippen molar-refractivity contribution < 1.29 is 9.05 Å². The first-order valence-electron chi connectivity index (χ1n) is 5.09. The van der Waals surface area contributed by atoms with E-state index in [0.29, 0.717) is 23.1 Å². The molecule has 0 amide bonds. The summed E-state index contributed by atoms with van der Waals surface area (Å²) in [7, 11) is -2.39. The average Bonchev–Trinajstić information content (AvgIpc) is 2.87. The molecule has 84 valence electrons. The SMILES string of the molecule is c1cnc2c(c1)O[P+]1(N2)Nc2ncccc2O1. The maximum absolute atomic E-state index is 5.80. The normalized spacial score (nSPS) is 17.4. The molecule has 2 N–H and O–H groups in total. The van der Waals surface area contributed by atoms with Gasteiger partial charge in [-0.15, -0.1) is 0 Å². The minimum Gasteiger partial charge on any atom is -0.261 e. The summed E-state index contributed by atoms with van der Waals surface area (Å²) in [5, 5.41) is 6.32. The molecule has 4 rings (SSSR count). The molecular formula is C10H8N4O2P+. The Morgan fingerprint density at radius 1 is 0.882 bits per heavy atom. The van der Waals surface area contributed by atoms with Crippen LogP contribution in [0.15, 0.2) is 36.7 Å². The summed E-state index contributed by atoms with van der Waals surface area (Å²) in [6, 6.07) is 7.35. The van der Waals surface area contributed by atoms with E-state index in [9.17, 15) is 0 Å². The standard InChI is InChI=1S/C10H8N4O2P/c1-3-7-9(11-5-1)13-17(15-7)14-10-8(16-17)4-2-6-12-10/h1-6H,(H,11,13)(H,12,14)/q+1. The molecule has 2 aliphatic heterocycles. The Labute approximate surface area is 97.6 Å². The molecule has 17 heavy (non-hydrogen) atoms. The molecular weight excluding hydrogens is 239 g/mol. The zero-order valence-corrected chi connectivity index (χ0v) is 9.52. The molecule has 0 aromatic carbocycles. The highest BCUT2D eigenvalue weighted by atomic mass is 31.2. The van der Waals surface area contributed by atoms with E-state index in [4.69, 9.17) is 9.05 Å². The maximum Gasteiger partial charge on any atom is 0.575 e. The van der Waals surface area contributed by atoms with Crippen LogP contribution in [0.1, 0.15) is 0 Å². The minimum atomic E-state index is -2.39. The zero-order valence-electron chi connectivity index (χ0n) is 8.62. The number of hydrogen-bond acceptors (Lipinski definition) is 6. The molecule has 0 radical (unpaired) electrons. The van der Waals surface area contributed by atoms with Crippen LogP contribution in [0.2, 0.25) is 0 Å². The van der Waals surface area contributed by atoms with Gasteiger partial charge in [-0.1, -0.05) is 0 Å². The Bertz CT molecular complexity index is 499. The number of anilines is 2. The topological polar surface area (TPSA) is 68.3 Å². The van der Waals surface area contributed by atoms with E-state index in [2.05, 4.69) is 20.1 Å². The molecule has 0 fully saturated rings. The minimum absolute atomic E-state index is 0.695. The molecule has 1 spiro atoms. The number of nitrogens with zero attached hydrogens (tertiary/aromatic N) is 2. The zero-order chi connectivity index (χ0) is 11.3. The van der Waals surface area contributed by atoms with Gasteiger partial charge >= 0.3 is 8.02 Å². The van der Waals surface area contributed by atoms with Crippen LogP contribution in [0.25, 0.3) is 0 Å². The van der Waals surface area contributed by atoms with Crippen molar-refractivity contribution in [3.05, 3.63) is 36.7 Å². The van der Waals surface area contributed by atoms with Crippen LogP contribution in [0.5, 0.6) is 11.5 Å². The van der Waals surface area contributed by atoms with Crippen LogP contribution in [0, 0.1) is 0 Å². The van der Waals surface area contributed by atoms with Gasteiger partial charge in [0.25, 0.3) is 0 Å². The van der Waals surface area contributed by atoms with Gasteiger partial charge < -0.3 is 0 Å². The lowest BCUT2D eigenvalue weighted by Gasteiger charge is -2.08. The smallest absolute Gasteiger partial charge is 0.261 e. The molecule has 2 aromatic rings. The Morgan fingerprint density at radius 2 is 1.41 bits per heavy atom. The summed E-state index contributed by atoms with van der Waals surface area (Å²) < 4.78 is 11.6. The first-order chi connectivity index (χ1) is 8.35. The fourth-order valence-corrected chi connectivity index (χ4v) is 3.81. The molecule has 2 aromatic heterocycles. The summed E-state index contributed by atoms with van der Waals surface area (Å²) in [5.41, 5.74) is 0. The van der Waals surface area contributed by atoms with Crippen LogP contribution in [0.3, 0.4) is 0 Å².